The summed E-state index contributed by atoms with van der Waals surface area (Å²) in [6, 6.07) is 2.63. The fraction of sp³-hybridized carbons (Fsp3) is 0.583. The van der Waals surface area contributed by atoms with E-state index >= 15 is 0 Å². The molecule has 1 aliphatic rings. The molecule has 21 heavy (non-hydrogen) atoms. The van der Waals surface area contributed by atoms with Gasteiger partial charge in [0.15, 0.2) is 6.29 Å². The van der Waals surface area contributed by atoms with E-state index in [-0.39, 0.29) is 18.1 Å². The number of aromatic carboxylic acids is 1. The minimum atomic E-state index is -1.54. The van der Waals surface area contributed by atoms with Crippen molar-refractivity contribution in [3.63, 3.8) is 0 Å². The van der Waals surface area contributed by atoms with Gasteiger partial charge < -0.3 is 39.4 Å². The molecular weight excluding hydrogens is 288 g/mol. The molecule has 2 heterocycles. The van der Waals surface area contributed by atoms with Crippen molar-refractivity contribution >= 4 is 5.97 Å². The van der Waals surface area contributed by atoms with Crippen LogP contribution in [0.15, 0.2) is 16.5 Å². The van der Waals surface area contributed by atoms with Crippen LogP contribution in [0.2, 0.25) is 0 Å². The fourth-order valence-corrected chi connectivity index (χ4v) is 1.94. The number of rotatable bonds is 5. The van der Waals surface area contributed by atoms with Crippen molar-refractivity contribution in [3.8, 4) is 0 Å². The van der Waals surface area contributed by atoms with Crippen LogP contribution in [0, 0.1) is 0 Å². The molecule has 0 unspecified atom stereocenters. The zero-order valence-corrected chi connectivity index (χ0v) is 10.8. The molecule has 2 rings (SSSR count). The van der Waals surface area contributed by atoms with Gasteiger partial charge in [0.2, 0.25) is 5.76 Å². The lowest BCUT2D eigenvalue weighted by Crippen LogP contribution is -2.59. The van der Waals surface area contributed by atoms with Crippen LogP contribution in [0.3, 0.4) is 0 Å². The normalized spacial score (nSPS) is 33.0. The Hall–Kier alpha value is -1.49. The van der Waals surface area contributed by atoms with E-state index in [2.05, 4.69) is 0 Å². The van der Waals surface area contributed by atoms with Gasteiger partial charge in [-0.25, -0.2) is 4.79 Å². The van der Waals surface area contributed by atoms with Gasteiger partial charge in [-0.3, -0.25) is 0 Å². The lowest BCUT2D eigenvalue weighted by Gasteiger charge is -2.39. The van der Waals surface area contributed by atoms with Crippen LogP contribution in [-0.4, -0.2) is 68.8 Å². The highest BCUT2D eigenvalue weighted by Gasteiger charge is 2.44. The second kappa shape index (κ2) is 6.52. The van der Waals surface area contributed by atoms with E-state index in [1.165, 1.54) is 12.1 Å². The van der Waals surface area contributed by atoms with Crippen molar-refractivity contribution in [1.82, 2.24) is 0 Å². The molecule has 1 aliphatic heterocycles. The van der Waals surface area contributed by atoms with Gasteiger partial charge >= 0.3 is 5.97 Å². The van der Waals surface area contributed by atoms with Crippen molar-refractivity contribution in [2.45, 2.75) is 37.3 Å². The lowest BCUT2D eigenvalue weighted by atomic mass is 9.99. The monoisotopic (exact) mass is 304 g/mol. The van der Waals surface area contributed by atoms with Crippen LogP contribution in [0.5, 0.6) is 0 Å². The first kappa shape index (κ1) is 15.9. The molecule has 0 aromatic carbocycles. The molecule has 0 radical (unpaired) electrons. The number of carboxylic acid groups (broad SMARTS) is 1. The van der Waals surface area contributed by atoms with Crippen LogP contribution >= 0.6 is 0 Å². The summed E-state index contributed by atoms with van der Waals surface area (Å²) in [5.41, 5.74) is 0. The summed E-state index contributed by atoms with van der Waals surface area (Å²) >= 11 is 0. The second-order valence-electron chi connectivity index (χ2n) is 4.58. The molecule has 5 N–H and O–H groups in total. The maximum atomic E-state index is 10.6. The molecule has 0 spiro atoms. The van der Waals surface area contributed by atoms with E-state index in [0.717, 1.165) is 0 Å². The van der Waals surface area contributed by atoms with Crippen molar-refractivity contribution in [3.05, 3.63) is 23.7 Å². The molecule has 0 amide bonds. The Kier molecular flexibility index (Phi) is 4.93. The first-order valence-corrected chi connectivity index (χ1v) is 6.18. The van der Waals surface area contributed by atoms with Gasteiger partial charge in [-0.1, -0.05) is 0 Å². The van der Waals surface area contributed by atoms with Gasteiger partial charge in [0.05, 0.1) is 6.61 Å². The number of furan rings is 1. The maximum Gasteiger partial charge on any atom is 0.371 e. The Morgan fingerprint density at radius 1 is 1.19 bits per heavy atom. The Labute approximate surface area is 118 Å². The lowest BCUT2D eigenvalue weighted by molar-refractivity contribution is -0.304. The average Bonchev–Trinajstić information content (AvgIpc) is 2.93. The minimum absolute atomic E-state index is 0.185. The molecule has 0 bridgehead atoms. The van der Waals surface area contributed by atoms with E-state index < -0.39 is 43.3 Å². The second-order valence-corrected chi connectivity index (χ2v) is 4.58. The molecule has 1 saturated heterocycles. The van der Waals surface area contributed by atoms with Gasteiger partial charge in [-0.05, 0) is 12.1 Å². The molecule has 9 heteroatoms. The smallest absolute Gasteiger partial charge is 0.371 e. The van der Waals surface area contributed by atoms with E-state index in [0.29, 0.717) is 0 Å². The number of aliphatic hydroxyl groups excluding tert-OH is 4. The third kappa shape index (κ3) is 3.40. The number of carbonyl (C=O) groups is 1. The topological polar surface area (TPSA) is 150 Å². The van der Waals surface area contributed by atoms with Crippen LogP contribution in [-0.2, 0) is 16.1 Å². The number of hydrogen-bond acceptors (Lipinski definition) is 8. The van der Waals surface area contributed by atoms with Crippen LogP contribution < -0.4 is 0 Å². The van der Waals surface area contributed by atoms with Gasteiger partial charge in [-0.15, -0.1) is 0 Å². The first-order chi connectivity index (χ1) is 9.93. The quantitative estimate of drug-likeness (QED) is 0.428. The van der Waals surface area contributed by atoms with Crippen molar-refractivity contribution in [2.24, 2.45) is 0 Å². The number of aliphatic hydroxyl groups is 4. The highest BCUT2D eigenvalue weighted by Crippen LogP contribution is 2.23. The summed E-state index contributed by atoms with van der Waals surface area (Å²) in [6.45, 7) is -0.773. The van der Waals surface area contributed by atoms with Gasteiger partial charge in [0.25, 0.3) is 0 Å². The Balaban J connectivity index is 1.96. The molecule has 9 nitrogen and oxygen atoms in total. The number of hydrogen-bond donors (Lipinski definition) is 5. The van der Waals surface area contributed by atoms with Crippen LogP contribution in [0.1, 0.15) is 16.3 Å². The highest BCUT2D eigenvalue weighted by molar-refractivity contribution is 5.84. The standard InChI is InChI=1S/C12H16O9/c13-3-7-8(14)9(15)10(16)12(21-7)19-4-5-1-2-6(20-5)11(17)18/h1-2,7-10,12-16H,3-4H2,(H,17,18)/t7-,8+,9+,10-,12+/m1/s1. The van der Waals surface area contributed by atoms with Gasteiger partial charge in [0.1, 0.15) is 36.8 Å². The fourth-order valence-electron chi connectivity index (χ4n) is 1.94. The summed E-state index contributed by atoms with van der Waals surface area (Å²) in [6.07, 6.45) is -6.88. The van der Waals surface area contributed by atoms with E-state index in [9.17, 15) is 20.1 Å². The Bertz CT molecular complexity index is 483. The maximum absolute atomic E-state index is 10.6. The van der Waals surface area contributed by atoms with Crippen LogP contribution in [0.4, 0.5) is 0 Å². The zero-order valence-electron chi connectivity index (χ0n) is 10.8. The van der Waals surface area contributed by atoms with Crippen molar-refractivity contribution < 1.29 is 44.2 Å². The predicted octanol–water partition coefficient (Wildman–Crippen LogP) is -1.71. The van der Waals surface area contributed by atoms with Crippen LogP contribution in [0.25, 0.3) is 0 Å². The average molecular weight is 304 g/mol. The molecule has 118 valence electrons. The molecule has 1 aromatic rings. The molecule has 1 fully saturated rings. The third-order valence-electron chi connectivity index (χ3n) is 3.11. The van der Waals surface area contributed by atoms with Crippen molar-refractivity contribution in [1.29, 1.82) is 0 Å². The van der Waals surface area contributed by atoms with E-state index in [1.807, 2.05) is 0 Å². The van der Waals surface area contributed by atoms with E-state index in [4.69, 9.17) is 24.1 Å². The Morgan fingerprint density at radius 2 is 1.90 bits per heavy atom. The molecule has 5 atom stereocenters. The summed E-state index contributed by atoms with van der Waals surface area (Å²) in [7, 11) is 0. The third-order valence-corrected chi connectivity index (χ3v) is 3.11. The summed E-state index contributed by atoms with van der Waals surface area (Å²) in [5, 5.41) is 46.6. The van der Waals surface area contributed by atoms with Gasteiger partial charge in [-0.2, -0.15) is 0 Å². The first-order valence-electron chi connectivity index (χ1n) is 6.18. The largest absolute Gasteiger partial charge is 0.475 e. The molecule has 0 saturated carbocycles. The van der Waals surface area contributed by atoms with Crippen molar-refractivity contribution in [2.75, 3.05) is 6.61 Å². The zero-order chi connectivity index (χ0) is 15.6. The molecule has 0 aliphatic carbocycles. The summed E-state index contributed by atoms with van der Waals surface area (Å²) < 4.78 is 15.2. The number of carboxylic acids is 1. The van der Waals surface area contributed by atoms with Gasteiger partial charge in [0, 0.05) is 0 Å². The SMILES string of the molecule is O=C(O)c1ccc(CO[C@H]2O[C@H](CO)[C@H](O)[C@H](O)[C@H]2O)o1. The molecule has 1 aromatic heterocycles. The minimum Gasteiger partial charge on any atom is -0.475 e. The molecular formula is C12H16O9. The van der Waals surface area contributed by atoms with E-state index in [1.54, 1.807) is 0 Å². The summed E-state index contributed by atoms with van der Waals surface area (Å²) in [5.74, 6) is -1.30. The highest BCUT2D eigenvalue weighted by atomic mass is 16.7. The Morgan fingerprint density at radius 3 is 2.48 bits per heavy atom. The predicted molar refractivity (Wildman–Crippen MR) is 64.2 cm³/mol. The summed E-state index contributed by atoms with van der Waals surface area (Å²) in [4.78, 5) is 10.6. The number of ether oxygens (including phenoxy) is 2.